The van der Waals surface area contributed by atoms with Crippen molar-refractivity contribution >= 4 is 33.6 Å². The fourth-order valence-corrected chi connectivity index (χ4v) is 5.73. The van der Waals surface area contributed by atoms with Gasteiger partial charge in [0.2, 0.25) is 5.91 Å². The van der Waals surface area contributed by atoms with Crippen molar-refractivity contribution in [1.29, 1.82) is 5.26 Å². The topological polar surface area (TPSA) is 103 Å². The zero-order valence-corrected chi connectivity index (χ0v) is 19.0. The number of nitrogens with one attached hydrogen (secondary N) is 1. The van der Waals surface area contributed by atoms with Crippen molar-refractivity contribution in [2.24, 2.45) is 0 Å². The van der Waals surface area contributed by atoms with Gasteiger partial charge in [-0.15, -0.1) is 11.3 Å². The molecule has 0 spiro atoms. The number of hydrogen-bond acceptors (Lipinski definition) is 7. The Morgan fingerprint density at radius 1 is 1.16 bits per heavy atom. The van der Waals surface area contributed by atoms with E-state index in [0.29, 0.717) is 10.6 Å². The molecule has 0 saturated carbocycles. The lowest BCUT2D eigenvalue weighted by Crippen LogP contribution is -2.52. The fourth-order valence-electron chi connectivity index (χ4n) is 4.48. The number of fused-ring (bicyclic) bond motifs is 1. The van der Waals surface area contributed by atoms with E-state index in [1.807, 2.05) is 6.92 Å². The first-order chi connectivity index (χ1) is 15.5. The molecule has 1 aliphatic carbocycles. The van der Waals surface area contributed by atoms with Crippen molar-refractivity contribution in [3.8, 4) is 6.07 Å². The second-order valence-electron chi connectivity index (χ2n) is 8.34. The standard InChI is InChI=1S/C23H27N5O3S/c1-16(22(29)25-23-20(15-24)19-5-3-2-4-6-21(19)32-23)26-11-13-27(14-12-26)17-7-9-18(10-8-17)28(30)31/h7-10,16H,2-6,11-14H2,1H3,(H,25,29). The van der Waals surface area contributed by atoms with Gasteiger partial charge in [-0.2, -0.15) is 5.26 Å². The highest BCUT2D eigenvalue weighted by atomic mass is 32.1. The van der Waals surface area contributed by atoms with Crippen LogP contribution in [0.4, 0.5) is 16.4 Å². The summed E-state index contributed by atoms with van der Waals surface area (Å²) in [7, 11) is 0. The van der Waals surface area contributed by atoms with Crippen molar-refractivity contribution < 1.29 is 9.72 Å². The number of aryl methyl sites for hydroxylation is 1. The SMILES string of the molecule is CC(C(=O)Nc1sc2c(c1C#N)CCCCC2)N1CCN(c2ccc([N+](=O)[O-])cc2)CC1. The maximum atomic E-state index is 13.0. The summed E-state index contributed by atoms with van der Waals surface area (Å²) in [4.78, 5) is 29.0. The molecule has 1 aliphatic heterocycles. The summed E-state index contributed by atoms with van der Waals surface area (Å²) in [6.45, 7) is 4.83. The second kappa shape index (κ2) is 9.67. The highest BCUT2D eigenvalue weighted by Gasteiger charge is 2.28. The highest BCUT2D eigenvalue weighted by molar-refractivity contribution is 7.16. The number of piperazine rings is 1. The molecule has 1 saturated heterocycles. The number of thiophene rings is 1. The first-order valence-corrected chi connectivity index (χ1v) is 11.9. The Labute approximate surface area is 191 Å². The predicted molar refractivity (Wildman–Crippen MR) is 125 cm³/mol. The van der Waals surface area contributed by atoms with Gasteiger partial charge in [0.05, 0.1) is 16.5 Å². The summed E-state index contributed by atoms with van der Waals surface area (Å²) in [5.41, 5.74) is 2.82. The molecule has 4 rings (SSSR count). The smallest absolute Gasteiger partial charge is 0.269 e. The average Bonchev–Trinajstić information content (AvgIpc) is 2.97. The molecule has 8 nitrogen and oxygen atoms in total. The number of carbonyl (C=O) groups is 1. The maximum absolute atomic E-state index is 13.0. The Hall–Kier alpha value is -2.96. The van der Waals surface area contributed by atoms with Crippen LogP contribution in [0.15, 0.2) is 24.3 Å². The van der Waals surface area contributed by atoms with E-state index in [1.165, 1.54) is 23.4 Å². The molecule has 1 fully saturated rings. The molecule has 0 bridgehead atoms. The molecule has 2 aromatic rings. The van der Waals surface area contributed by atoms with Gasteiger partial charge in [0, 0.05) is 48.9 Å². The number of anilines is 2. The first kappa shape index (κ1) is 22.2. The number of rotatable bonds is 5. The van der Waals surface area contributed by atoms with Gasteiger partial charge >= 0.3 is 0 Å². The number of nitro groups is 1. The normalized spacial score (nSPS) is 17.7. The largest absolute Gasteiger partial charge is 0.369 e. The van der Waals surface area contributed by atoms with Gasteiger partial charge in [-0.25, -0.2) is 0 Å². The summed E-state index contributed by atoms with van der Waals surface area (Å²) < 4.78 is 0. The van der Waals surface area contributed by atoms with Crippen LogP contribution in [0.2, 0.25) is 0 Å². The Kier molecular flexibility index (Phi) is 6.72. The summed E-state index contributed by atoms with van der Waals surface area (Å²) >= 11 is 1.56. The number of benzene rings is 1. The Balaban J connectivity index is 1.36. The van der Waals surface area contributed by atoms with E-state index >= 15 is 0 Å². The molecule has 2 aliphatic rings. The van der Waals surface area contributed by atoms with Gasteiger partial charge in [0.15, 0.2) is 0 Å². The Bertz CT molecular complexity index is 1040. The van der Waals surface area contributed by atoms with Gasteiger partial charge < -0.3 is 10.2 Å². The van der Waals surface area contributed by atoms with Crippen LogP contribution in [0.1, 0.15) is 42.2 Å². The fraction of sp³-hybridized carbons (Fsp3) is 0.478. The van der Waals surface area contributed by atoms with Crippen LogP contribution >= 0.6 is 11.3 Å². The Morgan fingerprint density at radius 2 is 1.84 bits per heavy atom. The third-order valence-corrected chi connectivity index (χ3v) is 7.64. The quantitative estimate of drug-likeness (QED) is 0.418. The van der Waals surface area contributed by atoms with Crippen molar-refractivity contribution in [3.63, 3.8) is 0 Å². The molecule has 0 radical (unpaired) electrons. The van der Waals surface area contributed by atoms with E-state index in [0.717, 1.165) is 63.1 Å². The predicted octanol–water partition coefficient (Wildman–Crippen LogP) is 3.95. The molecule has 1 aromatic carbocycles. The third kappa shape index (κ3) is 4.61. The second-order valence-corrected chi connectivity index (χ2v) is 9.45. The number of hydrogen-bond donors (Lipinski definition) is 1. The molecule has 9 heteroatoms. The van der Waals surface area contributed by atoms with Crippen molar-refractivity contribution in [1.82, 2.24) is 4.90 Å². The third-order valence-electron chi connectivity index (χ3n) is 6.44. The van der Waals surface area contributed by atoms with Crippen LogP contribution in [-0.4, -0.2) is 48.0 Å². The molecule has 1 aromatic heterocycles. The summed E-state index contributed by atoms with van der Waals surface area (Å²) in [6, 6.07) is 8.61. The lowest BCUT2D eigenvalue weighted by atomic mass is 10.1. The van der Waals surface area contributed by atoms with Crippen LogP contribution in [0.25, 0.3) is 0 Å². The molecule has 168 valence electrons. The zero-order valence-electron chi connectivity index (χ0n) is 18.2. The number of amides is 1. The minimum absolute atomic E-state index is 0.0818. The highest BCUT2D eigenvalue weighted by Crippen LogP contribution is 2.37. The zero-order chi connectivity index (χ0) is 22.7. The van der Waals surface area contributed by atoms with Crippen LogP contribution in [0, 0.1) is 21.4 Å². The van der Waals surface area contributed by atoms with Crippen molar-refractivity contribution in [2.45, 2.75) is 45.1 Å². The van der Waals surface area contributed by atoms with Crippen LogP contribution < -0.4 is 10.2 Å². The van der Waals surface area contributed by atoms with Gasteiger partial charge in [-0.3, -0.25) is 19.8 Å². The number of nitro benzene ring substituents is 1. The van der Waals surface area contributed by atoms with E-state index in [2.05, 4.69) is 21.2 Å². The average molecular weight is 454 g/mol. The van der Waals surface area contributed by atoms with Gasteiger partial charge in [0.1, 0.15) is 11.1 Å². The van der Waals surface area contributed by atoms with Crippen LogP contribution in [-0.2, 0) is 17.6 Å². The molecule has 1 amide bonds. The Morgan fingerprint density at radius 3 is 2.50 bits per heavy atom. The molecule has 1 atom stereocenters. The van der Waals surface area contributed by atoms with Gasteiger partial charge in [-0.05, 0) is 50.3 Å². The summed E-state index contributed by atoms with van der Waals surface area (Å²) in [6.07, 6.45) is 5.34. The molecular formula is C23H27N5O3S. The van der Waals surface area contributed by atoms with E-state index in [1.54, 1.807) is 23.5 Å². The minimum Gasteiger partial charge on any atom is -0.369 e. The van der Waals surface area contributed by atoms with Crippen LogP contribution in [0.5, 0.6) is 0 Å². The van der Waals surface area contributed by atoms with E-state index in [9.17, 15) is 20.2 Å². The van der Waals surface area contributed by atoms with Gasteiger partial charge in [0.25, 0.3) is 5.69 Å². The van der Waals surface area contributed by atoms with Gasteiger partial charge in [-0.1, -0.05) is 6.42 Å². The summed E-state index contributed by atoms with van der Waals surface area (Å²) in [5, 5.41) is 24.3. The maximum Gasteiger partial charge on any atom is 0.269 e. The summed E-state index contributed by atoms with van der Waals surface area (Å²) in [5.74, 6) is -0.0818. The van der Waals surface area contributed by atoms with Crippen molar-refractivity contribution in [3.05, 3.63) is 50.4 Å². The molecular weight excluding hydrogens is 426 g/mol. The molecule has 32 heavy (non-hydrogen) atoms. The van der Waals surface area contributed by atoms with E-state index < -0.39 is 4.92 Å². The lowest BCUT2D eigenvalue weighted by molar-refractivity contribution is -0.384. The monoisotopic (exact) mass is 453 g/mol. The molecule has 2 heterocycles. The number of non-ortho nitro benzene ring substituents is 1. The molecule has 1 N–H and O–H groups in total. The minimum atomic E-state index is -0.398. The number of nitrogens with zero attached hydrogens (tertiary/aromatic N) is 4. The van der Waals surface area contributed by atoms with Crippen molar-refractivity contribution in [2.75, 3.05) is 36.4 Å². The van der Waals surface area contributed by atoms with E-state index in [4.69, 9.17) is 0 Å². The lowest BCUT2D eigenvalue weighted by Gasteiger charge is -2.38. The number of carbonyl (C=O) groups excluding carboxylic acids is 1. The van der Waals surface area contributed by atoms with Crippen LogP contribution in [0.3, 0.4) is 0 Å². The first-order valence-electron chi connectivity index (χ1n) is 11.1. The van der Waals surface area contributed by atoms with E-state index in [-0.39, 0.29) is 17.6 Å². The number of nitriles is 1. The molecule has 1 unspecified atom stereocenters.